The van der Waals surface area contributed by atoms with Crippen molar-refractivity contribution in [3.8, 4) is 5.75 Å². The normalized spacial score (nSPS) is 10.5. The number of amides is 1. The highest BCUT2D eigenvalue weighted by Gasteiger charge is 2.17. The summed E-state index contributed by atoms with van der Waals surface area (Å²) < 4.78 is 6.53. The number of ether oxygens (including phenoxy) is 1. The zero-order valence-electron chi connectivity index (χ0n) is 12.9. The van der Waals surface area contributed by atoms with Crippen molar-refractivity contribution in [2.45, 2.75) is 39.2 Å². The Morgan fingerprint density at radius 3 is 2.64 bits per heavy atom. The van der Waals surface area contributed by atoms with Gasteiger partial charge in [0.1, 0.15) is 5.75 Å². The molecule has 0 aliphatic carbocycles. The third kappa shape index (κ3) is 6.93. The quantitative estimate of drug-likeness (QED) is 0.676. The minimum atomic E-state index is -0.892. The van der Waals surface area contributed by atoms with Crippen molar-refractivity contribution in [3.05, 3.63) is 28.7 Å². The van der Waals surface area contributed by atoms with Gasteiger partial charge in [-0.2, -0.15) is 0 Å². The number of benzene rings is 1. The highest BCUT2D eigenvalue weighted by atomic mass is 79.9. The van der Waals surface area contributed by atoms with Crippen LogP contribution in [0, 0.1) is 0 Å². The molecule has 0 saturated heterocycles. The van der Waals surface area contributed by atoms with Gasteiger partial charge < -0.3 is 14.7 Å². The van der Waals surface area contributed by atoms with Crippen molar-refractivity contribution in [2.24, 2.45) is 0 Å². The SMILES string of the molecule is CC(C)N(CCC(=O)O)C(=O)CCCOc1cccc(Br)c1. The summed E-state index contributed by atoms with van der Waals surface area (Å²) in [5.74, 6) is -0.168. The lowest BCUT2D eigenvalue weighted by atomic mass is 10.2. The molecule has 0 atom stereocenters. The van der Waals surface area contributed by atoms with E-state index in [1.54, 1.807) is 4.90 Å². The predicted octanol–water partition coefficient (Wildman–Crippen LogP) is 3.32. The highest BCUT2D eigenvalue weighted by Crippen LogP contribution is 2.18. The summed E-state index contributed by atoms with van der Waals surface area (Å²) in [5, 5.41) is 8.73. The number of hydrogen-bond acceptors (Lipinski definition) is 3. The van der Waals surface area contributed by atoms with E-state index in [-0.39, 0.29) is 24.9 Å². The molecule has 5 nitrogen and oxygen atoms in total. The van der Waals surface area contributed by atoms with Crippen LogP contribution in [0.4, 0.5) is 0 Å². The monoisotopic (exact) mass is 371 g/mol. The van der Waals surface area contributed by atoms with Gasteiger partial charge in [-0.05, 0) is 38.5 Å². The number of hydrogen-bond donors (Lipinski definition) is 1. The Labute approximate surface area is 139 Å². The van der Waals surface area contributed by atoms with Crippen LogP contribution < -0.4 is 4.74 Å². The summed E-state index contributed by atoms with van der Waals surface area (Å²) in [6, 6.07) is 7.53. The highest BCUT2D eigenvalue weighted by molar-refractivity contribution is 9.10. The predicted molar refractivity (Wildman–Crippen MR) is 88.0 cm³/mol. The van der Waals surface area contributed by atoms with Gasteiger partial charge in [0.05, 0.1) is 13.0 Å². The fraction of sp³-hybridized carbons (Fsp3) is 0.500. The first kappa shape index (κ1) is 18.5. The Hall–Kier alpha value is -1.56. The molecule has 0 saturated carbocycles. The molecule has 6 heteroatoms. The second-order valence-electron chi connectivity index (χ2n) is 5.23. The third-order valence-electron chi connectivity index (χ3n) is 3.11. The summed E-state index contributed by atoms with van der Waals surface area (Å²) >= 11 is 3.37. The van der Waals surface area contributed by atoms with Gasteiger partial charge in [0.25, 0.3) is 0 Å². The summed E-state index contributed by atoms with van der Waals surface area (Å²) in [6.45, 7) is 4.47. The van der Waals surface area contributed by atoms with E-state index >= 15 is 0 Å². The van der Waals surface area contributed by atoms with E-state index in [2.05, 4.69) is 15.9 Å². The largest absolute Gasteiger partial charge is 0.494 e. The van der Waals surface area contributed by atoms with E-state index in [0.29, 0.717) is 19.4 Å². The summed E-state index contributed by atoms with van der Waals surface area (Å²) in [4.78, 5) is 24.4. The zero-order chi connectivity index (χ0) is 16.5. The number of carbonyl (C=O) groups excluding carboxylic acids is 1. The first-order valence-electron chi connectivity index (χ1n) is 7.29. The Morgan fingerprint density at radius 1 is 1.32 bits per heavy atom. The topological polar surface area (TPSA) is 66.8 Å². The molecule has 0 aliphatic heterocycles. The maximum Gasteiger partial charge on any atom is 0.305 e. The molecule has 1 aromatic rings. The molecule has 22 heavy (non-hydrogen) atoms. The summed E-state index contributed by atoms with van der Waals surface area (Å²) in [5.41, 5.74) is 0. The fourth-order valence-corrected chi connectivity index (χ4v) is 2.38. The van der Waals surface area contributed by atoms with E-state index < -0.39 is 5.97 Å². The molecule has 1 N–H and O–H groups in total. The van der Waals surface area contributed by atoms with Gasteiger partial charge in [-0.1, -0.05) is 22.0 Å². The second-order valence-corrected chi connectivity index (χ2v) is 6.15. The third-order valence-corrected chi connectivity index (χ3v) is 3.60. The van der Waals surface area contributed by atoms with E-state index in [4.69, 9.17) is 9.84 Å². The molecule has 1 aromatic carbocycles. The van der Waals surface area contributed by atoms with Gasteiger partial charge in [-0.15, -0.1) is 0 Å². The van der Waals surface area contributed by atoms with E-state index in [0.717, 1.165) is 10.2 Å². The zero-order valence-corrected chi connectivity index (χ0v) is 14.5. The number of carboxylic acid groups (broad SMARTS) is 1. The maximum atomic E-state index is 12.1. The molecule has 122 valence electrons. The molecule has 0 spiro atoms. The van der Waals surface area contributed by atoms with E-state index in [1.807, 2.05) is 38.1 Å². The molecule has 0 fully saturated rings. The average Bonchev–Trinajstić information content (AvgIpc) is 2.43. The molecule has 0 bridgehead atoms. The van der Waals surface area contributed by atoms with Crippen LogP contribution in [-0.4, -0.2) is 41.1 Å². The molecule has 1 rings (SSSR count). The fourth-order valence-electron chi connectivity index (χ4n) is 2.00. The Kier molecular flexibility index (Phi) is 7.95. The lowest BCUT2D eigenvalue weighted by molar-refractivity contribution is -0.139. The van der Waals surface area contributed by atoms with Crippen molar-refractivity contribution in [1.29, 1.82) is 0 Å². The lowest BCUT2D eigenvalue weighted by Crippen LogP contribution is -2.38. The van der Waals surface area contributed by atoms with Gasteiger partial charge in [0, 0.05) is 23.5 Å². The number of rotatable bonds is 9. The van der Waals surface area contributed by atoms with Gasteiger partial charge in [-0.25, -0.2) is 0 Å². The molecule has 1 amide bonds. The van der Waals surface area contributed by atoms with Crippen LogP contribution in [0.3, 0.4) is 0 Å². The number of nitrogens with zero attached hydrogens (tertiary/aromatic N) is 1. The Balaban J connectivity index is 2.35. The minimum absolute atomic E-state index is 0.00199. The smallest absolute Gasteiger partial charge is 0.305 e. The van der Waals surface area contributed by atoms with Crippen LogP contribution in [-0.2, 0) is 9.59 Å². The Morgan fingerprint density at radius 2 is 2.05 bits per heavy atom. The van der Waals surface area contributed by atoms with Crippen LogP contribution in [0.25, 0.3) is 0 Å². The first-order chi connectivity index (χ1) is 10.4. The van der Waals surface area contributed by atoms with Crippen LogP contribution in [0.2, 0.25) is 0 Å². The number of halogens is 1. The number of carboxylic acids is 1. The first-order valence-corrected chi connectivity index (χ1v) is 8.09. The molecule has 0 aromatic heterocycles. The van der Waals surface area contributed by atoms with Crippen LogP contribution in [0.5, 0.6) is 5.75 Å². The molecular formula is C16H22BrNO4. The van der Waals surface area contributed by atoms with Crippen LogP contribution in [0.1, 0.15) is 33.1 Å². The number of carbonyl (C=O) groups is 2. The van der Waals surface area contributed by atoms with Crippen molar-refractivity contribution < 1.29 is 19.4 Å². The van der Waals surface area contributed by atoms with Crippen LogP contribution >= 0.6 is 15.9 Å². The maximum absolute atomic E-state index is 12.1. The molecule has 0 unspecified atom stereocenters. The number of aliphatic carboxylic acids is 1. The average molecular weight is 372 g/mol. The summed E-state index contributed by atoms with van der Waals surface area (Å²) in [6.07, 6.45) is 0.923. The molecule has 0 radical (unpaired) electrons. The standard InChI is InChI=1S/C16H22BrNO4/c1-12(2)18(9-8-16(20)21)15(19)7-4-10-22-14-6-3-5-13(17)11-14/h3,5-6,11-12H,4,7-10H2,1-2H3,(H,20,21). The lowest BCUT2D eigenvalue weighted by Gasteiger charge is -2.26. The Bertz CT molecular complexity index is 505. The van der Waals surface area contributed by atoms with Crippen LogP contribution in [0.15, 0.2) is 28.7 Å². The van der Waals surface area contributed by atoms with Crippen molar-refractivity contribution in [2.75, 3.05) is 13.2 Å². The van der Waals surface area contributed by atoms with Gasteiger partial charge >= 0.3 is 5.97 Å². The van der Waals surface area contributed by atoms with Gasteiger partial charge in [-0.3, -0.25) is 9.59 Å². The van der Waals surface area contributed by atoms with Gasteiger partial charge in [0.2, 0.25) is 5.91 Å². The second kappa shape index (κ2) is 9.46. The molecule has 0 heterocycles. The molecular weight excluding hydrogens is 350 g/mol. The van der Waals surface area contributed by atoms with Crippen molar-refractivity contribution in [1.82, 2.24) is 4.90 Å². The van der Waals surface area contributed by atoms with Gasteiger partial charge in [0.15, 0.2) is 0 Å². The van der Waals surface area contributed by atoms with E-state index in [1.165, 1.54) is 0 Å². The van der Waals surface area contributed by atoms with Crippen molar-refractivity contribution in [3.63, 3.8) is 0 Å². The molecule has 0 aliphatic rings. The minimum Gasteiger partial charge on any atom is -0.494 e. The van der Waals surface area contributed by atoms with E-state index in [9.17, 15) is 9.59 Å². The van der Waals surface area contributed by atoms with Crippen molar-refractivity contribution >= 4 is 27.8 Å². The summed E-state index contributed by atoms with van der Waals surface area (Å²) in [7, 11) is 0.